The highest BCUT2D eigenvalue weighted by Gasteiger charge is 2.17. The Morgan fingerprint density at radius 1 is 1.44 bits per heavy atom. The topological polar surface area (TPSA) is 95.3 Å². The first-order valence-electron chi connectivity index (χ1n) is 4.68. The summed E-state index contributed by atoms with van der Waals surface area (Å²) in [7, 11) is 4.81. The van der Waals surface area contributed by atoms with E-state index in [4.69, 9.17) is 5.73 Å². The number of nitrogens with zero attached hydrogens (tertiary/aromatic N) is 3. The molecule has 7 heteroatoms. The van der Waals surface area contributed by atoms with E-state index in [-0.39, 0.29) is 29.9 Å². The zero-order valence-corrected chi connectivity index (χ0v) is 9.52. The molecular weight excluding hydrogens is 210 g/mol. The highest BCUT2D eigenvalue weighted by Crippen LogP contribution is 2.03. The van der Waals surface area contributed by atoms with Gasteiger partial charge in [-0.15, -0.1) is 0 Å². The average Bonchev–Trinajstić information content (AvgIpc) is 2.63. The lowest BCUT2D eigenvalue weighted by molar-refractivity contribution is -0.129. The van der Waals surface area contributed by atoms with Crippen LogP contribution in [0.4, 0.5) is 5.82 Å². The van der Waals surface area contributed by atoms with Crippen LogP contribution in [-0.2, 0) is 4.79 Å². The van der Waals surface area contributed by atoms with Crippen LogP contribution < -0.4 is 5.73 Å². The molecular formula is C9H15N5O2. The minimum absolute atomic E-state index is 0.0186. The molecule has 0 radical (unpaired) electrons. The van der Waals surface area contributed by atoms with Crippen molar-refractivity contribution in [1.29, 1.82) is 0 Å². The number of nitrogens with one attached hydrogen (secondary N) is 1. The van der Waals surface area contributed by atoms with Gasteiger partial charge in [-0.05, 0) is 0 Å². The average molecular weight is 225 g/mol. The number of hydrogen-bond donors (Lipinski definition) is 2. The molecule has 88 valence electrons. The van der Waals surface area contributed by atoms with E-state index < -0.39 is 0 Å². The molecule has 7 nitrogen and oxygen atoms in total. The van der Waals surface area contributed by atoms with Crippen molar-refractivity contribution in [2.45, 2.75) is 0 Å². The van der Waals surface area contributed by atoms with Gasteiger partial charge in [0.05, 0.1) is 6.54 Å². The van der Waals surface area contributed by atoms with Crippen molar-refractivity contribution in [1.82, 2.24) is 20.0 Å². The standard InChI is InChI=1S/C9H15N5O2/c1-13(2)8(15)5-14(3)9(16)6-4-7(10)12-11-6/h4H,5H2,1-3H3,(H3,10,11,12). The summed E-state index contributed by atoms with van der Waals surface area (Å²) in [4.78, 5) is 25.8. The Morgan fingerprint density at radius 2 is 2.06 bits per heavy atom. The Hall–Kier alpha value is -2.05. The number of anilines is 1. The van der Waals surface area contributed by atoms with Gasteiger partial charge in [0.15, 0.2) is 0 Å². The number of amides is 2. The molecule has 0 spiro atoms. The molecule has 0 fully saturated rings. The molecule has 1 heterocycles. The van der Waals surface area contributed by atoms with E-state index >= 15 is 0 Å². The van der Waals surface area contributed by atoms with E-state index in [1.165, 1.54) is 15.9 Å². The van der Waals surface area contributed by atoms with Crippen LogP contribution in [-0.4, -0.2) is 59.5 Å². The number of rotatable bonds is 3. The predicted molar refractivity (Wildman–Crippen MR) is 58.7 cm³/mol. The van der Waals surface area contributed by atoms with Crippen LogP contribution >= 0.6 is 0 Å². The largest absolute Gasteiger partial charge is 0.382 e. The fourth-order valence-corrected chi connectivity index (χ4v) is 1.07. The summed E-state index contributed by atoms with van der Waals surface area (Å²) in [5.41, 5.74) is 5.65. The first-order chi connectivity index (χ1) is 7.41. The van der Waals surface area contributed by atoms with Gasteiger partial charge < -0.3 is 15.5 Å². The second kappa shape index (κ2) is 4.65. The third-order valence-electron chi connectivity index (χ3n) is 2.05. The molecule has 0 bridgehead atoms. The Balaban J connectivity index is 2.65. The summed E-state index contributed by atoms with van der Waals surface area (Å²) in [5.74, 6) is -0.224. The van der Waals surface area contributed by atoms with Crippen LogP contribution in [0.5, 0.6) is 0 Å². The van der Waals surface area contributed by atoms with E-state index in [0.29, 0.717) is 0 Å². The fourth-order valence-electron chi connectivity index (χ4n) is 1.07. The van der Waals surface area contributed by atoms with Crippen molar-refractivity contribution < 1.29 is 9.59 Å². The van der Waals surface area contributed by atoms with E-state index in [2.05, 4.69) is 10.2 Å². The second-order valence-electron chi connectivity index (χ2n) is 3.66. The molecule has 0 saturated carbocycles. The molecule has 1 rings (SSSR count). The number of H-pyrrole nitrogens is 1. The number of carbonyl (C=O) groups excluding carboxylic acids is 2. The molecule has 3 N–H and O–H groups in total. The van der Waals surface area contributed by atoms with Crippen molar-refractivity contribution in [2.75, 3.05) is 33.4 Å². The molecule has 0 atom stereocenters. The minimum Gasteiger partial charge on any atom is -0.382 e. The van der Waals surface area contributed by atoms with E-state index in [9.17, 15) is 9.59 Å². The van der Waals surface area contributed by atoms with E-state index in [0.717, 1.165) is 0 Å². The van der Waals surface area contributed by atoms with Gasteiger partial charge in [0.25, 0.3) is 5.91 Å². The Morgan fingerprint density at radius 3 is 2.50 bits per heavy atom. The number of nitrogens with two attached hydrogens (primary N) is 1. The lowest BCUT2D eigenvalue weighted by Gasteiger charge is -2.18. The number of hydrogen-bond acceptors (Lipinski definition) is 4. The van der Waals surface area contributed by atoms with Crippen LogP contribution in [0.15, 0.2) is 6.07 Å². The van der Waals surface area contributed by atoms with Crippen molar-refractivity contribution in [3.8, 4) is 0 Å². The summed E-state index contributed by atoms with van der Waals surface area (Å²) >= 11 is 0. The summed E-state index contributed by atoms with van der Waals surface area (Å²) < 4.78 is 0. The minimum atomic E-state index is -0.320. The monoisotopic (exact) mass is 225 g/mol. The third kappa shape index (κ3) is 2.72. The zero-order valence-electron chi connectivity index (χ0n) is 9.52. The third-order valence-corrected chi connectivity index (χ3v) is 2.05. The molecule has 1 aromatic rings. The Bertz CT molecular complexity index is 398. The number of carbonyl (C=O) groups is 2. The van der Waals surface area contributed by atoms with Gasteiger partial charge in [-0.1, -0.05) is 0 Å². The smallest absolute Gasteiger partial charge is 0.272 e. The van der Waals surface area contributed by atoms with Gasteiger partial charge in [0, 0.05) is 27.2 Å². The van der Waals surface area contributed by atoms with Gasteiger partial charge >= 0.3 is 0 Å². The van der Waals surface area contributed by atoms with Crippen LogP contribution in [0.2, 0.25) is 0 Å². The van der Waals surface area contributed by atoms with Crippen LogP contribution in [0.3, 0.4) is 0 Å². The van der Waals surface area contributed by atoms with E-state index in [1.807, 2.05) is 0 Å². The molecule has 2 amide bonds. The van der Waals surface area contributed by atoms with Gasteiger partial charge in [0.2, 0.25) is 5.91 Å². The Labute approximate surface area is 93.2 Å². The van der Waals surface area contributed by atoms with Crippen molar-refractivity contribution in [3.63, 3.8) is 0 Å². The Kier molecular flexibility index (Phi) is 3.49. The van der Waals surface area contributed by atoms with Gasteiger partial charge in [-0.2, -0.15) is 5.10 Å². The zero-order chi connectivity index (χ0) is 12.3. The molecule has 16 heavy (non-hydrogen) atoms. The summed E-state index contributed by atoms with van der Waals surface area (Å²) in [6.07, 6.45) is 0. The fraction of sp³-hybridized carbons (Fsp3) is 0.444. The number of aromatic nitrogens is 2. The SMILES string of the molecule is CN(C)C(=O)CN(C)C(=O)c1cc(N)n[nH]1. The summed E-state index contributed by atoms with van der Waals surface area (Å²) in [6.45, 7) is 0.0186. The lowest BCUT2D eigenvalue weighted by atomic mass is 10.3. The van der Waals surface area contributed by atoms with Gasteiger partial charge in [0.1, 0.15) is 11.5 Å². The number of aromatic amines is 1. The van der Waals surface area contributed by atoms with Crippen LogP contribution in [0, 0.1) is 0 Å². The maximum atomic E-state index is 11.7. The molecule has 0 unspecified atom stereocenters. The number of likely N-dealkylation sites (N-methyl/N-ethyl adjacent to an activating group) is 2. The van der Waals surface area contributed by atoms with Crippen molar-refractivity contribution in [3.05, 3.63) is 11.8 Å². The molecule has 0 aliphatic heterocycles. The molecule has 0 aliphatic rings. The highest BCUT2D eigenvalue weighted by atomic mass is 16.2. The molecule has 0 aromatic carbocycles. The summed E-state index contributed by atoms with van der Waals surface area (Å²) in [5, 5.41) is 6.14. The normalized spacial score (nSPS) is 9.94. The molecule has 1 aromatic heterocycles. The highest BCUT2D eigenvalue weighted by molar-refractivity contribution is 5.95. The van der Waals surface area contributed by atoms with Crippen LogP contribution in [0.1, 0.15) is 10.5 Å². The van der Waals surface area contributed by atoms with Gasteiger partial charge in [-0.25, -0.2) is 0 Å². The maximum Gasteiger partial charge on any atom is 0.272 e. The van der Waals surface area contributed by atoms with Crippen molar-refractivity contribution >= 4 is 17.6 Å². The van der Waals surface area contributed by atoms with E-state index in [1.54, 1.807) is 21.1 Å². The van der Waals surface area contributed by atoms with Gasteiger partial charge in [-0.3, -0.25) is 14.7 Å². The quantitative estimate of drug-likeness (QED) is 0.700. The molecule has 0 saturated heterocycles. The maximum absolute atomic E-state index is 11.7. The van der Waals surface area contributed by atoms with Crippen molar-refractivity contribution in [2.24, 2.45) is 0 Å². The van der Waals surface area contributed by atoms with Crippen LogP contribution in [0.25, 0.3) is 0 Å². The predicted octanol–water partition coefficient (Wildman–Crippen LogP) is -0.848. The number of nitrogen functional groups attached to an aromatic ring is 1. The first kappa shape index (κ1) is 12.0. The summed E-state index contributed by atoms with van der Waals surface area (Å²) in [6, 6.07) is 1.43. The molecule has 0 aliphatic carbocycles. The second-order valence-corrected chi connectivity index (χ2v) is 3.66. The first-order valence-corrected chi connectivity index (χ1v) is 4.68. The lowest BCUT2D eigenvalue weighted by Crippen LogP contribution is -2.37.